The normalized spacial score (nSPS) is 12.3. The number of hydrogen-bond acceptors (Lipinski definition) is 4. The van der Waals surface area contributed by atoms with Gasteiger partial charge in [0, 0.05) is 17.7 Å². The summed E-state index contributed by atoms with van der Waals surface area (Å²) in [5.74, 6) is -1.78. The number of Topliss-reactive ketones (excluding diaryl/α,β-unsaturated/α-hetero) is 1. The predicted molar refractivity (Wildman–Crippen MR) is 57.0 cm³/mol. The highest BCUT2D eigenvalue weighted by Gasteiger charge is 2.35. The van der Waals surface area contributed by atoms with Gasteiger partial charge in [-0.3, -0.25) is 4.79 Å². The highest BCUT2D eigenvalue weighted by Crippen LogP contribution is 2.26. The summed E-state index contributed by atoms with van der Waals surface area (Å²) in [5, 5.41) is 0. The summed E-state index contributed by atoms with van der Waals surface area (Å²) in [6.45, 7) is 4.76. The molecule has 0 radical (unpaired) electrons. The van der Waals surface area contributed by atoms with E-state index in [9.17, 15) is 18.0 Å². The van der Waals surface area contributed by atoms with E-state index >= 15 is 0 Å². The fraction of sp³-hybridized carbons (Fsp3) is 0.545. The van der Waals surface area contributed by atoms with Crippen LogP contribution in [0, 0.1) is 5.41 Å². The highest BCUT2D eigenvalue weighted by molar-refractivity contribution is 5.84. The third kappa shape index (κ3) is 3.97. The number of nitrogens with zero attached hydrogens (tertiary/aromatic N) is 2. The number of ketones is 1. The molecule has 100 valence electrons. The molecule has 0 saturated carbocycles. The molecule has 4 nitrogen and oxygen atoms in total. The number of halogens is 3. The zero-order valence-corrected chi connectivity index (χ0v) is 10.2. The van der Waals surface area contributed by atoms with E-state index < -0.39 is 17.4 Å². The lowest BCUT2D eigenvalue weighted by Crippen LogP contribution is -2.26. The summed E-state index contributed by atoms with van der Waals surface area (Å²) < 4.78 is 41.9. The Morgan fingerprint density at radius 1 is 1.33 bits per heavy atom. The topological polar surface area (TPSA) is 52.1 Å². The number of carbonyl (C=O) groups excluding carboxylic acids is 1. The van der Waals surface area contributed by atoms with Crippen LogP contribution >= 0.6 is 0 Å². The van der Waals surface area contributed by atoms with Crippen molar-refractivity contribution in [2.45, 2.75) is 26.9 Å². The number of aromatic nitrogens is 2. The van der Waals surface area contributed by atoms with Crippen LogP contribution in [0.25, 0.3) is 0 Å². The molecule has 18 heavy (non-hydrogen) atoms. The minimum atomic E-state index is -4.63. The zero-order chi connectivity index (χ0) is 14.0. The van der Waals surface area contributed by atoms with Crippen molar-refractivity contribution in [2.75, 3.05) is 6.61 Å². The van der Waals surface area contributed by atoms with E-state index in [1.54, 1.807) is 20.8 Å². The lowest BCUT2D eigenvalue weighted by Gasteiger charge is -2.16. The average Bonchev–Trinajstić information content (AvgIpc) is 2.23. The molecule has 1 aromatic heterocycles. The van der Waals surface area contributed by atoms with Crippen LogP contribution in [-0.2, 0) is 11.0 Å². The van der Waals surface area contributed by atoms with Crippen molar-refractivity contribution < 1.29 is 22.7 Å². The minimum Gasteiger partial charge on any atom is -0.470 e. The van der Waals surface area contributed by atoms with Gasteiger partial charge in [-0.25, -0.2) is 4.98 Å². The van der Waals surface area contributed by atoms with Crippen LogP contribution in [0.2, 0.25) is 0 Å². The number of carbonyl (C=O) groups is 1. The number of rotatable bonds is 3. The van der Waals surface area contributed by atoms with Gasteiger partial charge < -0.3 is 4.74 Å². The van der Waals surface area contributed by atoms with Gasteiger partial charge in [-0.2, -0.15) is 18.2 Å². The van der Waals surface area contributed by atoms with E-state index in [0.717, 1.165) is 6.20 Å². The third-order valence-electron chi connectivity index (χ3n) is 2.07. The first-order valence-electron chi connectivity index (χ1n) is 5.17. The first-order valence-corrected chi connectivity index (χ1v) is 5.17. The molecule has 0 amide bonds. The van der Waals surface area contributed by atoms with Gasteiger partial charge in [0.25, 0.3) is 0 Å². The summed E-state index contributed by atoms with van der Waals surface area (Å²) >= 11 is 0. The van der Waals surface area contributed by atoms with Crippen LogP contribution in [0.5, 0.6) is 5.88 Å². The van der Waals surface area contributed by atoms with Crippen LogP contribution in [0.1, 0.15) is 26.6 Å². The molecule has 1 rings (SSSR count). The minimum absolute atomic E-state index is 0.227. The Hall–Kier alpha value is -1.66. The van der Waals surface area contributed by atoms with Crippen LogP contribution in [0.15, 0.2) is 12.3 Å². The van der Waals surface area contributed by atoms with Crippen molar-refractivity contribution in [3.05, 3.63) is 18.1 Å². The molecular weight excluding hydrogens is 249 g/mol. The third-order valence-corrected chi connectivity index (χ3v) is 2.07. The van der Waals surface area contributed by atoms with Gasteiger partial charge in [-0.1, -0.05) is 20.8 Å². The van der Waals surface area contributed by atoms with Crippen LogP contribution in [0.4, 0.5) is 13.2 Å². The molecule has 0 atom stereocenters. The average molecular weight is 262 g/mol. The van der Waals surface area contributed by atoms with Gasteiger partial charge in [-0.05, 0) is 0 Å². The summed E-state index contributed by atoms with van der Waals surface area (Å²) in [5.41, 5.74) is -0.611. The Bertz CT molecular complexity index is 439. The lowest BCUT2D eigenvalue weighted by molar-refractivity contribution is -0.145. The highest BCUT2D eigenvalue weighted by atomic mass is 19.4. The molecule has 0 bridgehead atoms. The summed E-state index contributed by atoms with van der Waals surface area (Å²) in [7, 11) is 0. The molecule has 0 spiro atoms. The lowest BCUT2D eigenvalue weighted by atomic mass is 9.91. The van der Waals surface area contributed by atoms with Gasteiger partial charge in [0.05, 0.1) is 0 Å². The van der Waals surface area contributed by atoms with E-state index in [2.05, 4.69) is 9.97 Å². The Labute approximate surface area is 102 Å². The molecule has 0 fully saturated rings. The zero-order valence-electron chi connectivity index (χ0n) is 10.2. The number of hydrogen-bond donors (Lipinski definition) is 0. The fourth-order valence-electron chi connectivity index (χ4n) is 0.915. The molecule has 1 heterocycles. The quantitative estimate of drug-likeness (QED) is 0.839. The van der Waals surface area contributed by atoms with E-state index in [1.807, 2.05) is 0 Å². The maximum absolute atomic E-state index is 12.3. The van der Waals surface area contributed by atoms with E-state index in [-0.39, 0.29) is 18.3 Å². The SMILES string of the molecule is CC(C)(C)C(=O)COc1ccnc(C(F)(F)F)n1. The molecule has 0 aliphatic heterocycles. The second-order valence-electron chi connectivity index (χ2n) is 4.68. The molecular formula is C11H13F3N2O2. The Morgan fingerprint density at radius 2 is 1.94 bits per heavy atom. The Kier molecular flexibility index (Phi) is 3.93. The fourth-order valence-corrected chi connectivity index (χ4v) is 0.915. The van der Waals surface area contributed by atoms with Gasteiger partial charge in [0.2, 0.25) is 11.7 Å². The summed E-state index contributed by atoms with van der Waals surface area (Å²) in [6.07, 6.45) is -3.69. The predicted octanol–water partition coefficient (Wildman–Crippen LogP) is 2.49. The van der Waals surface area contributed by atoms with E-state index in [4.69, 9.17) is 4.74 Å². The molecule has 0 aliphatic rings. The molecule has 0 N–H and O–H groups in total. The van der Waals surface area contributed by atoms with Crippen molar-refractivity contribution >= 4 is 5.78 Å². The second-order valence-corrected chi connectivity index (χ2v) is 4.68. The summed E-state index contributed by atoms with van der Waals surface area (Å²) in [6, 6.07) is 1.17. The second kappa shape index (κ2) is 4.91. The van der Waals surface area contributed by atoms with Crippen LogP contribution in [0.3, 0.4) is 0 Å². The van der Waals surface area contributed by atoms with Gasteiger partial charge >= 0.3 is 6.18 Å². The smallest absolute Gasteiger partial charge is 0.451 e. The van der Waals surface area contributed by atoms with E-state index in [1.165, 1.54) is 6.07 Å². The van der Waals surface area contributed by atoms with Crippen LogP contribution < -0.4 is 4.74 Å². The first-order chi connectivity index (χ1) is 8.10. The van der Waals surface area contributed by atoms with Gasteiger partial charge in [0.1, 0.15) is 6.61 Å². The molecule has 1 aromatic rings. The molecule has 0 aromatic carbocycles. The van der Waals surface area contributed by atoms with Crippen molar-refractivity contribution in [3.63, 3.8) is 0 Å². The van der Waals surface area contributed by atoms with Gasteiger partial charge in [0.15, 0.2) is 5.78 Å². The summed E-state index contributed by atoms with van der Waals surface area (Å²) in [4.78, 5) is 17.8. The molecule has 0 unspecified atom stereocenters. The van der Waals surface area contributed by atoms with E-state index in [0.29, 0.717) is 0 Å². The first kappa shape index (κ1) is 14.4. The van der Waals surface area contributed by atoms with Crippen molar-refractivity contribution in [1.29, 1.82) is 0 Å². The largest absolute Gasteiger partial charge is 0.470 e. The molecule has 0 saturated heterocycles. The van der Waals surface area contributed by atoms with Gasteiger partial charge in [-0.15, -0.1) is 0 Å². The Balaban J connectivity index is 2.73. The van der Waals surface area contributed by atoms with Crippen molar-refractivity contribution in [1.82, 2.24) is 9.97 Å². The number of alkyl halides is 3. The van der Waals surface area contributed by atoms with Crippen molar-refractivity contribution in [2.24, 2.45) is 5.41 Å². The maximum Gasteiger partial charge on any atom is 0.451 e. The maximum atomic E-state index is 12.3. The monoisotopic (exact) mass is 262 g/mol. The number of ether oxygens (including phenoxy) is 1. The van der Waals surface area contributed by atoms with Crippen molar-refractivity contribution in [3.8, 4) is 5.88 Å². The molecule has 7 heteroatoms. The molecule has 0 aliphatic carbocycles. The van der Waals surface area contributed by atoms with Crippen LogP contribution in [-0.4, -0.2) is 22.4 Å². The Morgan fingerprint density at radius 3 is 2.44 bits per heavy atom. The standard InChI is InChI=1S/C11H13F3N2O2/c1-10(2,3)7(17)6-18-8-4-5-15-9(16-8)11(12,13)14/h4-5H,6H2,1-3H3.